The predicted molar refractivity (Wildman–Crippen MR) is 117 cm³/mol. The van der Waals surface area contributed by atoms with Crippen molar-refractivity contribution < 1.29 is 22.8 Å². The maximum Gasteiger partial charge on any atom is 0.323 e. The van der Waals surface area contributed by atoms with E-state index in [0.29, 0.717) is 22.6 Å². The average molecular weight is 466 g/mol. The summed E-state index contributed by atoms with van der Waals surface area (Å²) in [5, 5.41) is 16.1. The monoisotopic (exact) mass is 466 g/mol. The van der Waals surface area contributed by atoms with Gasteiger partial charge in [0.2, 0.25) is 0 Å². The molecule has 172 valence electrons. The minimum absolute atomic E-state index is 0.0121. The highest BCUT2D eigenvalue weighted by Crippen LogP contribution is 2.42. The van der Waals surface area contributed by atoms with Gasteiger partial charge >= 0.3 is 5.69 Å². The zero-order valence-electron chi connectivity index (χ0n) is 17.9. The van der Waals surface area contributed by atoms with Crippen molar-refractivity contribution in [2.24, 2.45) is 0 Å². The fourth-order valence-electron chi connectivity index (χ4n) is 4.25. The van der Waals surface area contributed by atoms with Crippen LogP contribution in [0.5, 0.6) is 0 Å². The number of H-pyrrole nitrogens is 2. The summed E-state index contributed by atoms with van der Waals surface area (Å²) in [4.78, 5) is 21.4. The average Bonchev–Trinajstić information content (AvgIpc) is 3.34. The number of aromatic amines is 2. The largest absolute Gasteiger partial charge is 0.374 e. The third-order valence-electron chi connectivity index (χ3n) is 5.75. The van der Waals surface area contributed by atoms with E-state index in [9.17, 15) is 18.7 Å². The van der Waals surface area contributed by atoms with Gasteiger partial charge in [0, 0.05) is 16.7 Å². The van der Waals surface area contributed by atoms with Gasteiger partial charge in [-0.15, -0.1) is 0 Å². The third kappa shape index (κ3) is 3.30. The maximum absolute atomic E-state index is 15.1. The number of fused-ring (bicyclic) bond motifs is 1. The molecule has 0 saturated carbocycles. The van der Waals surface area contributed by atoms with Crippen LogP contribution in [0.2, 0.25) is 0 Å². The van der Waals surface area contributed by atoms with Crippen LogP contribution < -0.4 is 5.69 Å². The third-order valence-corrected chi connectivity index (χ3v) is 5.75. The van der Waals surface area contributed by atoms with Gasteiger partial charge in [-0.25, -0.2) is 18.0 Å². The number of nitrogens with zero attached hydrogens (tertiary/aromatic N) is 2. The van der Waals surface area contributed by atoms with Crippen LogP contribution in [0.1, 0.15) is 28.3 Å². The number of imidazole rings is 1. The predicted octanol–water partition coefficient (Wildman–Crippen LogP) is 4.22. The summed E-state index contributed by atoms with van der Waals surface area (Å²) in [6.07, 6.45) is 0.854. The van der Waals surface area contributed by atoms with Gasteiger partial charge in [0.05, 0.1) is 28.6 Å². The Balaban J connectivity index is 1.93. The Kier molecular flexibility index (Phi) is 4.90. The number of aryl methyl sites for hydroxylation is 2. The van der Waals surface area contributed by atoms with Crippen LogP contribution in [0.3, 0.4) is 0 Å². The first kappa shape index (κ1) is 21.7. The van der Waals surface area contributed by atoms with E-state index in [0.717, 1.165) is 30.5 Å². The number of nitrogens with one attached hydrogen (secondary N) is 2. The smallest absolute Gasteiger partial charge is 0.323 e. The topological polar surface area (TPSA) is 108 Å². The molecule has 0 aliphatic heterocycles. The van der Waals surface area contributed by atoms with E-state index in [4.69, 9.17) is 4.52 Å². The Labute approximate surface area is 189 Å². The molecule has 3 heterocycles. The van der Waals surface area contributed by atoms with E-state index in [2.05, 4.69) is 20.1 Å². The van der Waals surface area contributed by atoms with Gasteiger partial charge < -0.3 is 19.6 Å². The van der Waals surface area contributed by atoms with Crippen molar-refractivity contribution in [1.29, 1.82) is 0 Å². The number of aliphatic hydroxyl groups is 1. The lowest BCUT2D eigenvalue weighted by Crippen LogP contribution is -2.32. The molecular weight excluding hydrogens is 449 g/mol. The Hall–Kier alpha value is -4.18. The lowest BCUT2D eigenvalue weighted by atomic mass is 9.80. The summed E-state index contributed by atoms with van der Waals surface area (Å²) in [7, 11) is 0. The lowest BCUT2D eigenvalue weighted by Gasteiger charge is -2.30. The molecule has 0 aliphatic carbocycles. The number of aromatic nitrogens is 4. The van der Waals surface area contributed by atoms with Gasteiger partial charge in [0.15, 0.2) is 5.60 Å². The molecule has 0 saturated heterocycles. The summed E-state index contributed by atoms with van der Waals surface area (Å²) in [5.41, 5.74) is -1.61. The minimum atomic E-state index is -2.42. The highest BCUT2D eigenvalue weighted by Gasteiger charge is 2.40. The van der Waals surface area contributed by atoms with Crippen LogP contribution in [0, 0.1) is 31.3 Å². The standard InChI is InChI=1S/C24H17F3N4O3/c1-11-21(12(2)34-31-11)13-7-17(22-19(8-13)29-23(32)30-22)24(33,20-6-4-15(26)10-28-20)16-9-14(25)3-5-18(16)27/h3-10,33H,1-2H3,(H2,29,30,32)/t24-/m0/s1. The molecule has 0 bridgehead atoms. The normalized spacial score (nSPS) is 13.4. The fourth-order valence-corrected chi connectivity index (χ4v) is 4.25. The summed E-state index contributed by atoms with van der Waals surface area (Å²) in [6, 6.07) is 7.97. The zero-order chi connectivity index (χ0) is 24.2. The van der Waals surface area contributed by atoms with E-state index < -0.39 is 34.3 Å². The number of pyridine rings is 1. The number of hydrogen-bond donors (Lipinski definition) is 3. The Morgan fingerprint density at radius 3 is 2.41 bits per heavy atom. The van der Waals surface area contributed by atoms with Crippen molar-refractivity contribution in [3.8, 4) is 11.1 Å². The molecule has 0 unspecified atom stereocenters. The number of benzene rings is 2. The second-order valence-corrected chi connectivity index (χ2v) is 7.92. The first-order valence-electron chi connectivity index (χ1n) is 10.2. The van der Waals surface area contributed by atoms with Crippen LogP contribution in [-0.4, -0.2) is 25.2 Å². The molecule has 0 spiro atoms. The van der Waals surface area contributed by atoms with Gasteiger partial charge in [0.1, 0.15) is 23.2 Å². The van der Waals surface area contributed by atoms with Crippen LogP contribution in [0.25, 0.3) is 22.2 Å². The summed E-state index contributed by atoms with van der Waals surface area (Å²) >= 11 is 0. The van der Waals surface area contributed by atoms with Crippen LogP contribution in [0.4, 0.5) is 13.2 Å². The van der Waals surface area contributed by atoms with Crippen LogP contribution in [-0.2, 0) is 5.60 Å². The molecule has 34 heavy (non-hydrogen) atoms. The second kappa shape index (κ2) is 7.70. The first-order chi connectivity index (χ1) is 16.2. The second-order valence-electron chi connectivity index (χ2n) is 7.92. The van der Waals surface area contributed by atoms with E-state index in [-0.39, 0.29) is 22.3 Å². The first-order valence-corrected chi connectivity index (χ1v) is 10.2. The van der Waals surface area contributed by atoms with Crippen LogP contribution in [0.15, 0.2) is 58.0 Å². The van der Waals surface area contributed by atoms with Crippen molar-refractivity contribution >= 4 is 11.0 Å². The van der Waals surface area contributed by atoms with Crippen molar-refractivity contribution in [2.75, 3.05) is 0 Å². The van der Waals surface area contributed by atoms with Crippen molar-refractivity contribution in [3.63, 3.8) is 0 Å². The quantitative estimate of drug-likeness (QED) is 0.368. The highest BCUT2D eigenvalue weighted by atomic mass is 19.1. The summed E-state index contributed by atoms with van der Waals surface area (Å²) < 4.78 is 48.3. The van der Waals surface area contributed by atoms with Crippen molar-refractivity contribution in [2.45, 2.75) is 19.4 Å². The Morgan fingerprint density at radius 2 is 1.74 bits per heavy atom. The fraction of sp³-hybridized carbons (Fsp3) is 0.125. The van der Waals surface area contributed by atoms with E-state index in [1.54, 1.807) is 19.9 Å². The SMILES string of the molecule is Cc1noc(C)c1-c1cc([C@](O)(c2ccc(F)cn2)c2cc(F)ccc2F)c2[nH]c(=O)[nH]c2c1. The molecule has 1 atom stereocenters. The van der Waals surface area contributed by atoms with Crippen LogP contribution >= 0.6 is 0 Å². The molecule has 2 aromatic carbocycles. The zero-order valence-corrected chi connectivity index (χ0v) is 17.9. The molecule has 0 amide bonds. The molecule has 0 fully saturated rings. The molecule has 0 radical (unpaired) electrons. The number of halogens is 3. The van der Waals surface area contributed by atoms with Gasteiger partial charge in [-0.1, -0.05) is 5.16 Å². The maximum atomic E-state index is 15.1. The molecular formula is C24H17F3N4O3. The minimum Gasteiger partial charge on any atom is -0.374 e. The highest BCUT2D eigenvalue weighted by molar-refractivity contribution is 5.87. The Bertz CT molecular complexity index is 1590. The van der Waals surface area contributed by atoms with E-state index in [1.165, 1.54) is 12.1 Å². The van der Waals surface area contributed by atoms with Crippen molar-refractivity contribution in [3.05, 3.63) is 105 Å². The van der Waals surface area contributed by atoms with Gasteiger partial charge in [0.25, 0.3) is 0 Å². The van der Waals surface area contributed by atoms with Gasteiger partial charge in [-0.3, -0.25) is 4.98 Å². The molecule has 7 nitrogen and oxygen atoms in total. The summed E-state index contributed by atoms with van der Waals surface area (Å²) in [5.74, 6) is -1.95. The number of hydrogen-bond acceptors (Lipinski definition) is 5. The molecule has 5 rings (SSSR count). The van der Waals surface area contributed by atoms with E-state index in [1.807, 2.05) is 0 Å². The van der Waals surface area contributed by atoms with E-state index >= 15 is 4.39 Å². The Morgan fingerprint density at radius 1 is 0.971 bits per heavy atom. The van der Waals surface area contributed by atoms with Gasteiger partial charge in [-0.2, -0.15) is 0 Å². The van der Waals surface area contributed by atoms with Crippen molar-refractivity contribution in [1.82, 2.24) is 20.1 Å². The molecule has 5 aromatic rings. The molecule has 10 heteroatoms. The molecule has 3 aromatic heterocycles. The molecule has 0 aliphatic rings. The van der Waals surface area contributed by atoms with Gasteiger partial charge in [-0.05, 0) is 61.9 Å². The summed E-state index contributed by atoms with van der Waals surface area (Å²) in [6.45, 7) is 3.41. The molecule has 3 N–H and O–H groups in total. The number of rotatable bonds is 4. The lowest BCUT2D eigenvalue weighted by molar-refractivity contribution is 0.117.